The molecule has 7 nitrogen and oxygen atoms in total. The molecule has 0 radical (unpaired) electrons. The number of nitrogens with zero attached hydrogens (tertiary/aromatic N) is 1. The van der Waals surface area contributed by atoms with Crippen molar-refractivity contribution < 1.29 is 14.4 Å². The number of aromatic nitrogens is 1. The van der Waals surface area contributed by atoms with E-state index in [1.807, 2.05) is 20.8 Å². The van der Waals surface area contributed by atoms with Crippen molar-refractivity contribution in [1.29, 1.82) is 0 Å². The SMILES string of the molecule is CC(NC(=O)c1ccc(C(N)=O)cn1)C(=O)NC(C)(C)C. The second-order valence-electron chi connectivity index (χ2n) is 5.73. The van der Waals surface area contributed by atoms with Gasteiger partial charge in [-0.15, -0.1) is 0 Å². The molecule has 0 aromatic carbocycles. The van der Waals surface area contributed by atoms with E-state index in [9.17, 15) is 14.4 Å². The molecule has 0 fully saturated rings. The quantitative estimate of drug-likeness (QED) is 0.736. The molecule has 1 atom stereocenters. The first kappa shape index (κ1) is 16.6. The molecule has 3 amide bonds. The van der Waals surface area contributed by atoms with Crippen LogP contribution in [-0.2, 0) is 4.79 Å². The molecule has 21 heavy (non-hydrogen) atoms. The normalized spacial score (nSPS) is 12.4. The number of nitrogens with two attached hydrogens (primary N) is 1. The predicted octanol–water partition coefficient (Wildman–Crippen LogP) is 0.214. The highest BCUT2D eigenvalue weighted by molar-refractivity contribution is 5.97. The summed E-state index contributed by atoms with van der Waals surface area (Å²) in [5.74, 6) is -1.40. The number of hydrogen-bond donors (Lipinski definition) is 3. The lowest BCUT2D eigenvalue weighted by Crippen LogP contribution is -2.50. The lowest BCUT2D eigenvalue weighted by atomic mass is 10.1. The van der Waals surface area contributed by atoms with Crippen LogP contribution in [0, 0.1) is 0 Å². The molecular formula is C14H20N4O3. The van der Waals surface area contributed by atoms with Gasteiger partial charge in [-0.3, -0.25) is 19.4 Å². The minimum Gasteiger partial charge on any atom is -0.366 e. The van der Waals surface area contributed by atoms with Gasteiger partial charge in [-0.25, -0.2) is 0 Å². The summed E-state index contributed by atoms with van der Waals surface area (Å²) in [7, 11) is 0. The van der Waals surface area contributed by atoms with Gasteiger partial charge in [0, 0.05) is 11.7 Å². The number of rotatable bonds is 4. The van der Waals surface area contributed by atoms with E-state index in [1.54, 1.807) is 6.92 Å². The Kier molecular flexibility index (Phi) is 5.02. The second kappa shape index (κ2) is 6.34. The lowest BCUT2D eigenvalue weighted by molar-refractivity contribution is -0.124. The van der Waals surface area contributed by atoms with Gasteiger partial charge in [-0.05, 0) is 39.8 Å². The summed E-state index contributed by atoms with van der Waals surface area (Å²) < 4.78 is 0. The van der Waals surface area contributed by atoms with E-state index in [2.05, 4.69) is 15.6 Å². The predicted molar refractivity (Wildman–Crippen MR) is 77.6 cm³/mol. The van der Waals surface area contributed by atoms with Crippen molar-refractivity contribution in [1.82, 2.24) is 15.6 Å². The van der Waals surface area contributed by atoms with E-state index in [1.165, 1.54) is 18.3 Å². The van der Waals surface area contributed by atoms with Gasteiger partial charge < -0.3 is 16.4 Å². The fraction of sp³-hybridized carbons (Fsp3) is 0.429. The van der Waals surface area contributed by atoms with Crippen molar-refractivity contribution in [3.63, 3.8) is 0 Å². The summed E-state index contributed by atoms with van der Waals surface area (Å²) in [5, 5.41) is 5.30. The van der Waals surface area contributed by atoms with Crippen LogP contribution in [-0.4, -0.2) is 34.3 Å². The van der Waals surface area contributed by atoms with E-state index in [4.69, 9.17) is 5.73 Å². The average molecular weight is 292 g/mol. The number of primary amides is 1. The largest absolute Gasteiger partial charge is 0.366 e. The summed E-state index contributed by atoms with van der Waals surface area (Å²) in [6.45, 7) is 7.13. The number of nitrogens with one attached hydrogen (secondary N) is 2. The van der Waals surface area contributed by atoms with Gasteiger partial charge in [0.15, 0.2) is 0 Å². The standard InChI is InChI=1S/C14H20N4O3/c1-8(12(20)18-14(2,3)4)17-13(21)10-6-5-9(7-16-10)11(15)19/h5-8H,1-4H3,(H2,15,19)(H,17,21)(H,18,20). The van der Waals surface area contributed by atoms with Gasteiger partial charge in [0.25, 0.3) is 5.91 Å². The van der Waals surface area contributed by atoms with Crippen molar-refractivity contribution >= 4 is 17.7 Å². The zero-order valence-electron chi connectivity index (χ0n) is 12.6. The van der Waals surface area contributed by atoms with Crippen molar-refractivity contribution in [2.75, 3.05) is 0 Å². The molecule has 0 saturated carbocycles. The molecular weight excluding hydrogens is 272 g/mol. The Balaban J connectivity index is 2.68. The minimum atomic E-state index is -0.700. The Morgan fingerprint density at radius 1 is 1.24 bits per heavy atom. The number of hydrogen-bond acceptors (Lipinski definition) is 4. The molecule has 114 valence electrons. The zero-order valence-corrected chi connectivity index (χ0v) is 12.6. The van der Waals surface area contributed by atoms with Crippen molar-refractivity contribution in [2.24, 2.45) is 5.73 Å². The highest BCUT2D eigenvalue weighted by Crippen LogP contribution is 2.02. The molecule has 4 N–H and O–H groups in total. The van der Waals surface area contributed by atoms with Gasteiger partial charge >= 0.3 is 0 Å². The van der Waals surface area contributed by atoms with Crippen LogP contribution in [0.25, 0.3) is 0 Å². The van der Waals surface area contributed by atoms with Crippen LogP contribution in [0.1, 0.15) is 48.5 Å². The summed E-state index contributed by atoms with van der Waals surface area (Å²) in [6, 6.07) is 2.09. The van der Waals surface area contributed by atoms with Gasteiger partial charge in [0.05, 0.1) is 5.56 Å². The summed E-state index contributed by atoms with van der Waals surface area (Å²) in [4.78, 5) is 38.6. The molecule has 0 aliphatic rings. The Labute approximate surface area is 123 Å². The first-order chi connectivity index (χ1) is 9.60. The second-order valence-corrected chi connectivity index (χ2v) is 5.73. The average Bonchev–Trinajstić information content (AvgIpc) is 2.36. The van der Waals surface area contributed by atoms with E-state index in [0.29, 0.717) is 0 Å². The Bertz CT molecular complexity index is 546. The number of carbonyl (C=O) groups excluding carboxylic acids is 3. The molecule has 7 heteroatoms. The summed E-state index contributed by atoms with van der Waals surface area (Å²) in [5.41, 5.74) is 5.03. The maximum atomic E-state index is 11.9. The van der Waals surface area contributed by atoms with E-state index >= 15 is 0 Å². The first-order valence-electron chi connectivity index (χ1n) is 6.49. The van der Waals surface area contributed by atoms with Crippen LogP contribution in [0.3, 0.4) is 0 Å². The van der Waals surface area contributed by atoms with Gasteiger partial charge in [0.1, 0.15) is 11.7 Å². The molecule has 0 aliphatic carbocycles. The molecule has 0 aliphatic heterocycles. The third kappa shape index (κ3) is 5.21. The Morgan fingerprint density at radius 3 is 2.29 bits per heavy atom. The van der Waals surface area contributed by atoms with Crippen molar-refractivity contribution in [3.05, 3.63) is 29.6 Å². The molecule has 1 unspecified atom stereocenters. The van der Waals surface area contributed by atoms with Crippen LogP contribution in [0.5, 0.6) is 0 Å². The first-order valence-corrected chi connectivity index (χ1v) is 6.49. The topological polar surface area (TPSA) is 114 Å². The Morgan fingerprint density at radius 2 is 1.86 bits per heavy atom. The van der Waals surface area contributed by atoms with Crippen LogP contribution in [0.15, 0.2) is 18.3 Å². The highest BCUT2D eigenvalue weighted by atomic mass is 16.2. The minimum absolute atomic E-state index is 0.107. The fourth-order valence-electron chi connectivity index (χ4n) is 1.49. The number of pyridine rings is 1. The third-order valence-corrected chi connectivity index (χ3v) is 2.52. The van der Waals surface area contributed by atoms with Crippen LogP contribution >= 0.6 is 0 Å². The van der Waals surface area contributed by atoms with E-state index in [-0.39, 0.29) is 22.7 Å². The molecule has 1 heterocycles. The van der Waals surface area contributed by atoms with Crippen molar-refractivity contribution in [2.45, 2.75) is 39.3 Å². The third-order valence-electron chi connectivity index (χ3n) is 2.52. The fourth-order valence-corrected chi connectivity index (χ4v) is 1.49. The van der Waals surface area contributed by atoms with Crippen molar-refractivity contribution in [3.8, 4) is 0 Å². The number of carbonyl (C=O) groups is 3. The van der Waals surface area contributed by atoms with Crippen LogP contribution < -0.4 is 16.4 Å². The van der Waals surface area contributed by atoms with Gasteiger partial charge in [0.2, 0.25) is 11.8 Å². The van der Waals surface area contributed by atoms with Gasteiger partial charge in [-0.2, -0.15) is 0 Å². The van der Waals surface area contributed by atoms with Crippen LogP contribution in [0.4, 0.5) is 0 Å². The molecule has 0 spiro atoms. The molecule has 1 aromatic rings. The smallest absolute Gasteiger partial charge is 0.270 e. The van der Waals surface area contributed by atoms with E-state index < -0.39 is 17.9 Å². The molecule has 1 aromatic heterocycles. The highest BCUT2D eigenvalue weighted by Gasteiger charge is 2.21. The Hall–Kier alpha value is -2.44. The molecule has 1 rings (SSSR count). The number of amides is 3. The zero-order chi connectivity index (χ0) is 16.2. The maximum Gasteiger partial charge on any atom is 0.270 e. The summed E-state index contributed by atoms with van der Waals surface area (Å²) in [6.07, 6.45) is 1.22. The monoisotopic (exact) mass is 292 g/mol. The summed E-state index contributed by atoms with van der Waals surface area (Å²) >= 11 is 0. The van der Waals surface area contributed by atoms with Gasteiger partial charge in [-0.1, -0.05) is 0 Å². The molecule has 0 bridgehead atoms. The van der Waals surface area contributed by atoms with E-state index in [0.717, 1.165) is 0 Å². The maximum absolute atomic E-state index is 11.9. The van der Waals surface area contributed by atoms with Crippen LogP contribution in [0.2, 0.25) is 0 Å². The molecule has 0 saturated heterocycles. The lowest BCUT2D eigenvalue weighted by Gasteiger charge is -2.23.